The van der Waals surface area contributed by atoms with Crippen molar-refractivity contribution >= 4 is 5.91 Å². The summed E-state index contributed by atoms with van der Waals surface area (Å²) in [7, 11) is 1.81. The summed E-state index contributed by atoms with van der Waals surface area (Å²) in [6.45, 7) is 3.54. The molecule has 9 heteroatoms. The molecule has 3 aromatic rings. The highest BCUT2D eigenvalue weighted by molar-refractivity contribution is 5.92. The molecule has 146 valence electrons. The Morgan fingerprint density at radius 2 is 2.00 bits per heavy atom. The van der Waals surface area contributed by atoms with Crippen molar-refractivity contribution in [2.24, 2.45) is 7.05 Å². The molecule has 0 spiro atoms. The van der Waals surface area contributed by atoms with Gasteiger partial charge in [-0.2, -0.15) is 5.10 Å². The number of benzene rings is 1. The zero-order valence-electron chi connectivity index (χ0n) is 15.9. The molecule has 0 aliphatic carbocycles. The smallest absolute Gasteiger partial charge is 0.274 e. The summed E-state index contributed by atoms with van der Waals surface area (Å²) >= 11 is 0. The minimum atomic E-state index is -0.446. The van der Waals surface area contributed by atoms with Crippen molar-refractivity contribution in [2.75, 3.05) is 19.8 Å². The Morgan fingerprint density at radius 1 is 1.25 bits per heavy atom. The fourth-order valence-electron chi connectivity index (χ4n) is 3.01. The van der Waals surface area contributed by atoms with Crippen molar-refractivity contribution in [2.45, 2.75) is 19.8 Å². The van der Waals surface area contributed by atoms with Crippen LogP contribution in [-0.2, 0) is 23.1 Å². The van der Waals surface area contributed by atoms with Gasteiger partial charge in [-0.25, -0.2) is 4.68 Å². The molecule has 1 fully saturated rings. The lowest BCUT2D eigenvalue weighted by atomic mass is 10.3. The van der Waals surface area contributed by atoms with Crippen LogP contribution in [0.2, 0.25) is 0 Å². The second-order valence-electron chi connectivity index (χ2n) is 6.64. The first-order valence-corrected chi connectivity index (χ1v) is 9.10. The third-order valence-electron chi connectivity index (χ3n) is 4.59. The van der Waals surface area contributed by atoms with E-state index in [0.29, 0.717) is 31.1 Å². The van der Waals surface area contributed by atoms with Crippen LogP contribution in [0.15, 0.2) is 42.6 Å². The maximum atomic E-state index is 13.1. The summed E-state index contributed by atoms with van der Waals surface area (Å²) in [4.78, 5) is 14.7. The second-order valence-corrected chi connectivity index (χ2v) is 6.64. The van der Waals surface area contributed by atoms with E-state index in [0.717, 1.165) is 11.4 Å². The lowest BCUT2D eigenvalue weighted by molar-refractivity contribution is -0.0586. The molecule has 0 N–H and O–H groups in total. The molecule has 0 saturated carbocycles. The highest BCUT2D eigenvalue weighted by Crippen LogP contribution is 2.14. The molecule has 1 aliphatic heterocycles. The number of aryl methyl sites for hydroxylation is 2. The third kappa shape index (κ3) is 3.95. The molecule has 0 radical (unpaired) electrons. The van der Waals surface area contributed by atoms with Crippen LogP contribution in [0.25, 0.3) is 5.69 Å². The zero-order valence-corrected chi connectivity index (χ0v) is 15.9. The van der Waals surface area contributed by atoms with Gasteiger partial charge in [0, 0.05) is 12.7 Å². The van der Waals surface area contributed by atoms with Crippen LogP contribution < -0.4 is 0 Å². The highest BCUT2D eigenvalue weighted by Gasteiger charge is 2.26. The van der Waals surface area contributed by atoms with E-state index in [-0.39, 0.29) is 12.5 Å². The number of hydrogen-bond acceptors (Lipinski definition) is 6. The fourth-order valence-corrected chi connectivity index (χ4v) is 3.01. The van der Waals surface area contributed by atoms with Crippen LogP contribution in [0, 0.1) is 6.92 Å². The van der Waals surface area contributed by atoms with Crippen molar-refractivity contribution in [3.05, 3.63) is 59.7 Å². The quantitative estimate of drug-likeness (QED) is 0.639. The van der Waals surface area contributed by atoms with E-state index in [9.17, 15) is 4.79 Å². The molecular formula is C19H22N6O3. The largest absolute Gasteiger partial charge is 0.348 e. The number of ether oxygens (including phenoxy) is 2. The average molecular weight is 382 g/mol. The standard InChI is InChI=1S/C19H22N6O3/c1-14-10-17(21-23(14)2)19(26)24(13-18-27-8-9-28-18)11-15-12-25(22-20-15)16-6-4-3-5-7-16/h3-7,10,12,18H,8-9,11,13H2,1-2H3. The number of rotatable bonds is 6. The van der Waals surface area contributed by atoms with Gasteiger partial charge in [-0.3, -0.25) is 9.48 Å². The van der Waals surface area contributed by atoms with E-state index in [2.05, 4.69) is 15.4 Å². The van der Waals surface area contributed by atoms with Gasteiger partial charge in [0.15, 0.2) is 12.0 Å². The lowest BCUT2D eigenvalue weighted by Crippen LogP contribution is -2.38. The molecule has 1 amide bonds. The van der Waals surface area contributed by atoms with Crippen molar-refractivity contribution < 1.29 is 14.3 Å². The Bertz CT molecular complexity index is 926. The molecule has 0 unspecified atom stereocenters. The van der Waals surface area contributed by atoms with Gasteiger partial charge >= 0.3 is 0 Å². The first-order valence-electron chi connectivity index (χ1n) is 9.10. The molecule has 0 atom stereocenters. The van der Waals surface area contributed by atoms with Gasteiger partial charge in [-0.15, -0.1) is 5.10 Å². The number of nitrogens with zero attached hydrogens (tertiary/aromatic N) is 6. The zero-order chi connectivity index (χ0) is 19.5. The van der Waals surface area contributed by atoms with E-state index in [4.69, 9.17) is 9.47 Å². The molecular weight excluding hydrogens is 360 g/mol. The molecule has 2 aromatic heterocycles. The summed E-state index contributed by atoms with van der Waals surface area (Å²) in [5.41, 5.74) is 2.87. The van der Waals surface area contributed by atoms with Crippen LogP contribution in [0.3, 0.4) is 0 Å². The first kappa shape index (κ1) is 18.3. The van der Waals surface area contributed by atoms with Gasteiger partial charge in [0.25, 0.3) is 5.91 Å². The topological polar surface area (TPSA) is 87.3 Å². The summed E-state index contributed by atoms with van der Waals surface area (Å²) in [6, 6.07) is 11.5. The molecule has 28 heavy (non-hydrogen) atoms. The fraction of sp³-hybridized carbons (Fsp3) is 0.368. The van der Waals surface area contributed by atoms with Crippen LogP contribution >= 0.6 is 0 Å². The van der Waals surface area contributed by atoms with E-state index < -0.39 is 6.29 Å². The van der Waals surface area contributed by atoms with Gasteiger partial charge in [0.05, 0.1) is 38.2 Å². The summed E-state index contributed by atoms with van der Waals surface area (Å²) < 4.78 is 14.4. The van der Waals surface area contributed by atoms with Crippen molar-refractivity contribution in [3.63, 3.8) is 0 Å². The number of hydrogen-bond donors (Lipinski definition) is 0. The summed E-state index contributed by atoms with van der Waals surface area (Å²) in [5.74, 6) is -0.197. The minimum Gasteiger partial charge on any atom is -0.348 e. The van der Waals surface area contributed by atoms with Gasteiger partial charge < -0.3 is 14.4 Å². The van der Waals surface area contributed by atoms with Gasteiger partial charge in [-0.05, 0) is 25.1 Å². The number of para-hydroxylation sites is 1. The predicted molar refractivity (Wildman–Crippen MR) is 99.7 cm³/mol. The molecule has 4 rings (SSSR count). The Morgan fingerprint density at radius 3 is 2.68 bits per heavy atom. The third-order valence-corrected chi connectivity index (χ3v) is 4.59. The Balaban J connectivity index is 1.55. The van der Waals surface area contributed by atoms with Crippen molar-refractivity contribution in [1.29, 1.82) is 0 Å². The van der Waals surface area contributed by atoms with E-state index in [1.807, 2.05) is 50.5 Å². The first-order chi connectivity index (χ1) is 13.6. The van der Waals surface area contributed by atoms with E-state index in [1.54, 1.807) is 20.3 Å². The van der Waals surface area contributed by atoms with Crippen molar-refractivity contribution in [1.82, 2.24) is 29.7 Å². The number of carbonyl (C=O) groups is 1. The normalized spacial score (nSPS) is 14.5. The lowest BCUT2D eigenvalue weighted by Gasteiger charge is -2.23. The molecule has 9 nitrogen and oxygen atoms in total. The van der Waals surface area contributed by atoms with Crippen LogP contribution in [-0.4, -0.2) is 61.6 Å². The number of carbonyl (C=O) groups excluding carboxylic acids is 1. The summed E-state index contributed by atoms with van der Waals surface area (Å²) in [5, 5.41) is 12.7. The average Bonchev–Trinajstić information content (AvgIpc) is 3.44. The van der Waals surface area contributed by atoms with E-state index >= 15 is 0 Å². The Kier molecular flexibility index (Phi) is 5.18. The molecule has 0 bridgehead atoms. The van der Waals surface area contributed by atoms with Crippen LogP contribution in [0.1, 0.15) is 21.9 Å². The Hall–Kier alpha value is -3.04. The van der Waals surface area contributed by atoms with Crippen molar-refractivity contribution in [3.8, 4) is 5.69 Å². The summed E-state index contributed by atoms with van der Waals surface area (Å²) in [6.07, 6.45) is 1.37. The van der Waals surface area contributed by atoms with Gasteiger partial charge in [-0.1, -0.05) is 23.4 Å². The molecule has 3 heterocycles. The highest BCUT2D eigenvalue weighted by atomic mass is 16.7. The van der Waals surface area contributed by atoms with Crippen LogP contribution in [0.4, 0.5) is 0 Å². The van der Waals surface area contributed by atoms with E-state index in [1.165, 1.54) is 0 Å². The molecule has 1 aliphatic rings. The Labute approximate surface area is 162 Å². The monoisotopic (exact) mass is 382 g/mol. The minimum absolute atomic E-state index is 0.197. The van der Waals surface area contributed by atoms with Gasteiger partial charge in [0.2, 0.25) is 0 Å². The number of aromatic nitrogens is 5. The molecule has 1 aromatic carbocycles. The maximum absolute atomic E-state index is 13.1. The molecule has 1 saturated heterocycles. The maximum Gasteiger partial charge on any atom is 0.274 e. The van der Waals surface area contributed by atoms with Gasteiger partial charge in [0.1, 0.15) is 5.69 Å². The SMILES string of the molecule is Cc1cc(C(=O)N(Cc2cn(-c3ccccc3)nn2)CC2OCCO2)nn1C. The van der Waals surface area contributed by atoms with Crippen LogP contribution in [0.5, 0.6) is 0 Å². The predicted octanol–water partition coefficient (Wildman–Crippen LogP) is 1.32. The second kappa shape index (κ2) is 7.91. The number of amides is 1.